The van der Waals surface area contributed by atoms with Crippen molar-refractivity contribution in [3.8, 4) is 0 Å². The maximum atomic E-state index is 10.9. The molecule has 2 aromatic rings. The standard InChI is InChI=1S/C12H10ClN3O2/c13-8-1-4-10(5-2-8)15-11-6-3-9(14)7-12(11)16(17)18/h1-7,15H,14H2. The topological polar surface area (TPSA) is 81.2 Å². The van der Waals surface area contributed by atoms with Gasteiger partial charge >= 0.3 is 0 Å². The van der Waals surface area contributed by atoms with Gasteiger partial charge in [0.05, 0.1) is 4.92 Å². The molecule has 5 nitrogen and oxygen atoms in total. The first-order valence-electron chi connectivity index (χ1n) is 5.13. The van der Waals surface area contributed by atoms with E-state index in [0.717, 1.165) is 0 Å². The van der Waals surface area contributed by atoms with Crippen molar-refractivity contribution in [2.24, 2.45) is 0 Å². The van der Waals surface area contributed by atoms with Crippen LogP contribution < -0.4 is 11.1 Å². The van der Waals surface area contributed by atoms with Gasteiger partial charge in [-0.3, -0.25) is 10.1 Å². The lowest BCUT2D eigenvalue weighted by Gasteiger charge is -2.07. The highest BCUT2D eigenvalue weighted by atomic mass is 35.5. The van der Waals surface area contributed by atoms with Crippen molar-refractivity contribution in [1.82, 2.24) is 0 Å². The lowest BCUT2D eigenvalue weighted by atomic mass is 10.2. The van der Waals surface area contributed by atoms with Gasteiger partial charge in [0, 0.05) is 22.5 Å². The van der Waals surface area contributed by atoms with Gasteiger partial charge in [0.15, 0.2) is 0 Å². The molecule has 0 spiro atoms. The fraction of sp³-hybridized carbons (Fsp3) is 0. The van der Waals surface area contributed by atoms with Gasteiger partial charge in [-0.1, -0.05) is 11.6 Å². The number of hydrogen-bond donors (Lipinski definition) is 2. The first-order chi connectivity index (χ1) is 8.56. The first-order valence-corrected chi connectivity index (χ1v) is 5.50. The summed E-state index contributed by atoms with van der Waals surface area (Å²) < 4.78 is 0. The Morgan fingerprint density at radius 1 is 1.17 bits per heavy atom. The SMILES string of the molecule is Nc1ccc(Nc2ccc(Cl)cc2)c([N+](=O)[O-])c1. The minimum absolute atomic E-state index is 0.0649. The van der Waals surface area contributed by atoms with Gasteiger partial charge in [0.2, 0.25) is 0 Å². The molecular weight excluding hydrogens is 254 g/mol. The molecule has 0 aromatic heterocycles. The van der Waals surface area contributed by atoms with E-state index in [1.165, 1.54) is 6.07 Å². The Hall–Kier alpha value is -2.27. The third-order valence-electron chi connectivity index (χ3n) is 2.34. The number of benzene rings is 2. The molecule has 0 atom stereocenters. The lowest BCUT2D eigenvalue weighted by molar-refractivity contribution is -0.383. The van der Waals surface area contributed by atoms with Crippen molar-refractivity contribution in [3.63, 3.8) is 0 Å². The summed E-state index contributed by atoms with van der Waals surface area (Å²) in [5.41, 5.74) is 6.92. The van der Waals surface area contributed by atoms with Crippen molar-refractivity contribution in [2.45, 2.75) is 0 Å². The molecule has 18 heavy (non-hydrogen) atoms. The lowest BCUT2D eigenvalue weighted by Crippen LogP contribution is -1.98. The fourth-order valence-corrected chi connectivity index (χ4v) is 1.62. The van der Waals surface area contributed by atoms with Crippen LogP contribution in [-0.2, 0) is 0 Å². The second-order valence-corrected chi connectivity index (χ2v) is 4.10. The summed E-state index contributed by atoms with van der Waals surface area (Å²) in [4.78, 5) is 10.4. The maximum Gasteiger partial charge on any atom is 0.294 e. The predicted octanol–water partition coefficient (Wildman–Crippen LogP) is 3.57. The van der Waals surface area contributed by atoms with E-state index >= 15 is 0 Å². The first kappa shape index (κ1) is 12.2. The molecule has 2 aromatic carbocycles. The zero-order valence-electron chi connectivity index (χ0n) is 9.26. The van der Waals surface area contributed by atoms with Crippen LogP contribution in [0.3, 0.4) is 0 Å². The van der Waals surface area contributed by atoms with Gasteiger partial charge in [-0.2, -0.15) is 0 Å². The third kappa shape index (κ3) is 2.70. The molecular formula is C12H10ClN3O2. The van der Waals surface area contributed by atoms with Gasteiger partial charge in [-0.05, 0) is 36.4 Å². The minimum Gasteiger partial charge on any atom is -0.399 e. The number of nitro benzene ring substituents is 1. The van der Waals surface area contributed by atoms with Crippen LogP contribution in [0.2, 0.25) is 5.02 Å². The highest BCUT2D eigenvalue weighted by Gasteiger charge is 2.13. The number of rotatable bonds is 3. The van der Waals surface area contributed by atoms with Crippen LogP contribution in [0.4, 0.5) is 22.7 Å². The molecule has 0 unspecified atom stereocenters. The molecule has 0 aliphatic heterocycles. The highest BCUT2D eigenvalue weighted by Crippen LogP contribution is 2.29. The summed E-state index contributed by atoms with van der Waals surface area (Å²) in [7, 11) is 0. The van der Waals surface area contributed by atoms with E-state index in [4.69, 9.17) is 17.3 Å². The van der Waals surface area contributed by atoms with Crippen LogP contribution in [0.25, 0.3) is 0 Å². The van der Waals surface area contributed by atoms with E-state index in [1.807, 2.05) is 0 Å². The Morgan fingerprint density at radius 3 is 2.44 bits per heavy atom. The molecule has 3 N–H and O–H groups in total. The normalized spacial score (nSPS) is 10.1. The molecule has 6 heteroatoms. The molecule has 0 fully saturated rings. The molecule has 92 valence electrons. The van der Waals surface area contributed by atoms with E-state index in [1.54, 1.807) is 36.4 Å². The monoisotopic (exact) mass is 263 g/mol. The van der Waals surface area contributed by atoms with Crippen molar-refractivity contribution < 1.29 is 4.92 Å². The van der Waals surface area contributed by atoms with Gasteiger partial charge in [0.1, 0.15) is 5.69 Å². The second kappa shape index (κ2) is 4.93. The summed E-state index contributed by atoms with van der Waals surface area (Å²) in [6.45, 7) is 0. The third-order valence-corrected chi connectivity index (χ3v) is 2.59. The number of nitrogen functional groups attached to an aromatic ring is 1. The average Bonchev–Trinajstić information content (AvgIpc) is 2.34. The van der Waals surface area contributed by atoms with E-state index in [2.05, 4.69) is 5.32 Å². The summed E-state index contributed by atoms with van der Waals surface area (Å²) in [6.07, 6.45) is 0. The van der Waals surface area contributed by atoms with Gasteiger partial charge in [-0.25, -0.2) is 0 Å². The van der Waals surface area contributed by atoms with Crippen LogP contribution >= 0.6 is 11.6 Å². The van der Waals surface area contributed by atoms with Crippen molar-refractivity contribution >= 4 is 34.4 Å². The Balaban J connectivity index is 2.34. The fourth-order valence-electron chi connectivity index (χ4n) is 1.49. The highest BCUT2D eigenvalue weighted by molar-refractivity contribution is 6.30. The number of nitro groups is 1. The van der Waals surface area contributed by atoms with E-state index in [-0.39, 0.29) is 5.69 Å². The number of nitrogens with zero attached hydrogens (tertiary/aromatic N) is 1. The van der Waals surface area contributed by atoms with Gasteiger partial charge in [-0.15, -0.1) is 0 Å². The molecule has 0 aliphatic carbocycles. The Morgan fingerprint density at radius 2 is 1.83 bits per heavy atom. The van der Waals surface area contributed by atoms with Crippen molar-refractivity contribution in [2.75, 3.05) is 11.1 Å². The van der Waals surface area contributed by atoms with Crippen LogP contribution in [0.5, 0.6) is 0 Å². The van der Waals surface area contributed by atoms with Crippen LogP contribution in [0.15, 0.2) is 42.5 Å². The zero-order valence-corrected chi connectivity index (χ0v) is 10.0. The average molecular weight is 264 g/mol. The van der Waals surface area contributed by atoms with Crippen molar-refractivity contribution in [3.05, 3.63) is 57.6 Å². The molecule has 0 heterocycles. The van der Waals surface area contributed by atoms with Crippen LogP contribution in [0.1, 0.15) is 0 Å². The summed E-state index contributed by atoms with van der Waals surface area (Å²) in [6, 6.07) is 11.4. The largest absolute Gasteiger partial charge is 0.399 e. The second-order valence-electron chi connectivity index (χ2n) is 3.67. The van der Waals surface area contributed by atoms with Crippen molar-refractivity contribution in [1.29, 1.82) is 0 Å². The number of nitrogens with one attached hydrogen (secondary N) is 1. The van der Waals surface area contributed by atoms with Crippen LogP contribution in [-0.4, -0.2) is 4.92 Å². The maximum absolute atomic E-state index is 10.9. The number of anilines is 3. The Bertz CT molecular complexity index is 584. The smallest absolute Gasteiger partial charge is 0.294 e. The van der Waals surface area contributed by atoms with E-state index in [9.17, 15) is 10.1 Å². The minimum atomic E-state index is -0.478. The van der Waals surface area contributed by atoms with E-state index < -0.39 is 4.92 Å². The molecule has 0 saturated heterocycles. The zero-order chi connectivity index (χ0) is 13.1. The number of nitrogens with two attached hydrogens (primary N) is 1. The molecule has 0 saturated carbocycles. The summed E-state index contributed by atoms with van der Waals surface area (Å²) in [5, 5.41) is 14.5. The summed E-state index contributed by atoms with van der Waals surface area (Å²) in [5.74, 6) is 0. The van der Waals surface area contributed by atoms with Gasteiger partial charge in [0.25, 0.3) is 5.69 Å². The van der Waals surface area contributed by atoms with Crippen LogP contribution in [0, 0.1) is 10.1 Å². The van der Waals surface area contributed by atoms with Gasteiger partial charge < -0.3 is 11.1 Å². The molecule has 0 radical (unpaired) electrons. The molecule has 0 aliphatic rings. The predicted molar refractivity (Wildman–Crippen MR) is 72.2 cm³/mol. The molecule has 0 bridgehead atoms. The quantitative estimate of drug-likeness (QED) is 0.504. The summed E-state index contributed by atoms with van der Waals surface area (Å²) >= 11 is 5.76. The molecule has 0 amide bonds. The Kier molecular flexibility index (Phi) is 3.34. The number of hydrogen-bond acceptors (Lipinski definition) is 4. The number of halogens is 1. The van der Waals surface area contributed by atoms with E-state index in [0.29, 0.717) is 22.1 Å². The molecule has 2 rings (SSSR count). The Labute approximate surface area is 108 Å².